The molecule has 0 aliphatic rings. The largest absolute Gasteiger partial charge is 0.384 e. The van der Waals surface area contributed by atoms with Gasteiger partial charge in [-0.1, -0.05) is 28.1 Å². The van der Waals surface area contributed by atoms with Crippen LogP contribution in [0.4, 0.5) is 11.4 Å². The van der Waals surface area contributed by atoms with E-state index in [0.717, 1.165) is 10.0 Å². The molecular formula is C15H17BrN2O2S. The molecule has 2 rings (SSSR count). The predicted octanol–water partition coefficient (Wildman–Crippen LogP) is 3.99. The maximum Gasteiger partial charge on any atom is 0.263 e. The minimum absolute atomic E-state index is 0.243. The van der Waals surface area contributed by atoms with Gasteiger partial charge in [-0.3, -0.25) is 4.72 Å². The summed E-state index contributed by atoms with van der Waals surface area (Å²) in [5.41, 5.74) is 2.11. The lowest BCUT2D eigenvalue weighted by Gasteiger charge is -2.13. The fourth-order valence-corrected chi connectivity index (χ4v) is 3.44. The average molecular weight is 369 g/mol. The third-order valence-electron chi connectivity index (χ3n) is 2.95. The Kier molecular flexibility index (Phi) is 4.90. The van der Waals surface area contributed by atoms with E-state index in [1.807, 2.05) is 19.9 Å². The molecule has 0 unspecified atom stereocenters. The normalized spacial score (nSPS) is 11.2. The maximum atomic E-state index is 12.5. The van der Waals surface area contributed by atoms with Crippen LogP contribution in [0.2, 0.25) is 0 Å². The van der Waals surface area contributed by atoms with Crippen LogP contribution in [0.25, 0.3) is 0 Å². The summed E-state index contributed by atoms with van der Waals surface area (Å²) in [6.45, 7) is 4.49. The third-order valence-corrected chi connectivity index (χ3v) is 5.28. The molecule has 4 nitrogen and oxygen atoms in total. The van der Waals surface area contributed by atoms with Gasteiger partial charge in [-0.25, -0.2) is 8.42 Å². The number of anilines is 2. The van der Waals surface area contributed by atoms with Gasteiger partial charge in [0.2, 0.25) is 0 Å². The molecule has 0 saturated heterocycles. The highest BCUT2D eigenvalue weighted by molar-refractivity contribution is 9.10. The number of hydrogen-bond acceptors (Lipinski definition) is 3. The van der Waals surface area contributed by atoms with E-state index in [-0.39, 0.29) is 4.90 Å². The Bertz CT molecular complexity index is 745. The highest BCUT2D eigenvalue weighted by atomic mass is 79.9. The summed E-state index contributed by atoms with van der Waals surface area (Å²) in [5.74, 6) is 0. The fourth-order valence-electron chi connectivity index (χ4n) is 1.96. The van der Waals surface area contributed by atoms with Crippen molar-refractivity contribution in [1.82, 2.24) is 0 Å². The van der Waals surface area contributed by atoms with E-state index in [4.69, 9.17) is 0 Å². The van der Waals surface area contributed by atoms with Crippen LogP contribution in [0.15, 0.2) is 51.8 Å². The topological polar surface area (TPSA) is 58.2 Å². The van der Waals surface area contributed by atoms with E-state index < -0.39 is 10.0 Å². The molecule has 2 N–H and O–H groups in total. The van der Waals surface area contributed by atoms with E-state index in [9.17, 15) is 8.42 Å². The van der Waals surface area contributed by atoms with Gasteiger partial charge >= 0.3 is 0 Å². The average Bonchev–Trinajstić information content (AvgIpc) is 2.43. The lowest BCUT2D eigenvalue weighted by molar-refractivity contribution is 0.601. The Balaban J connectivity index is 2.36. The third kappa shape index (κ3) is 3.77. The second kappa shape index (κ2) is 6.49. The van der Waals surface area contributed by atoms with Gasteiger partial charge in [0.15, 0.2) is 0 Å². The number of aryl methyl sites for hydroxylation is 1. The molecule has 112 valence electrons. The van der Waals surface area contributed by atoms with Crippen molar-refractivity contribution in [3.63, 3.8) is 0 Å². The first kappa shape index (κ1) is 15.9. The van der Waals surface area contributed by atoms with Crippen LogP contribution >= 0.6 is 15.9 Å². The van der Waals surface area contributed by atoms with E-state index >= 15 is 0 Å². The molecule has 0 radical (unpaired) electrons. The quantitative estimate of drug-likeness (QED) is 0.838. The first-order valence-corrected chi connectivity index (χ1v) is 8.83. The molecule has 21 heavy (non-hydrogen) atoms. The summed E-state index contributed by atoms with van der Waals surface area (Å²) in [5, 5.41) is 3.06. The Morgan fingerprint density at radius 1 is 1.14 bits per heavy atom. The molecule has 0 aliphatic carbocycles. The summed E-state index contributed by atoms with van der Waals surface area (Å²) in [6, 6.07) is 12.2. The Morgan fingerprint density at radius 2 is 1.86 bits per heavy atom. The van der Waals surface area contributed by atoms with Crippen molar-refractivity contribution in [3.8, 4) is 0 Å². The molecule has 2 aromatic carbocycles. The van der Waals surface area contributed by atoms with Crippen LogP contribution < -0.4 is 10.0 Å². The van der Waals surface area contributed by atoms with Crippen LogP contribution in [0.3, 0.4) is 0 Å². The fraction of sp³-hybridized carbons (Fsp3) is 0.200. The SMILES string of the molecule is CCNc1ccccc1S(=O)(=O)Nc1ccc(Br)c(C)c1. The summed E-state index contributed by atoms with van der Waals surface area (Å²) >= 11 is 3.40. The number of benzene rings is 2. The Morgan fingerprint density at radius 3 is 2.52 bits per heavy atom. The number of halogens is 1. The molecular weight excluding hydrogens is 352 g/mol. The molecule has 0 aliphatic heterocycles. The number of rotatable bonds is 5. The summed E-state index contributed by atoms with van der Waals surface area (Å²) in [7, 11) is -3.62. The van der Waals surface area contributed by atoms with E-state index in [2.05, 4.69) is 26.0 Å². The number of hydrogen-bond donors (Lipinski definition) is 2. The number of para-hydroxylation sites is 1. The molecule has 0 amide bonds. The molecule has 2 aromatic rings. The van der Waals surface area contributed by atoms with E-state index in [1.165, 1.54) is 0 Å². The van der Waals surface area contributed by atoms with Crippen molar-refractivity contribution in [2.45, 2.75) is 18.7 Å². The second-order valence-electron chi connectivity index (χ2n) is 4.60. The van der Waals surface area contributed by atoms with Gasteiger partial charge < -0.3 is 5.32 Å². The van der Waals surface area contributed by atoms with Gasteiger partial charge in [0.05, 0.1) is 5.69 Å². The second-order valence-corrected chi connectivity index (χ2v) is 7.10. The zero-order valence-electron chi connectivity index (χ0n) is 11.9. The number of nitrogens with one attached hydrogen (secondary N) is 2. The van der Waals surface area contributed by atoms with Gasteiger partial charge in [-0.2, -0.15) is 0 Å². The lowest BCUT2D eigenvalue weighted by Crippen LogP contribution is -2.15. The minimum Gasteiger partial charge on any atom is -0.384 e. The van der Waals surface area contributed by atoms with Gasteiger partial charge in [0.1, 0.15) is 4.90 Å². The molecule has 0 aromatic heterocycles. The molecule has 0 saturated carbocycles. The summed E-state index contributed by atoms with van der Waals surface area (Å²) in [4.78, 5) is 0.243. The monoisotopic (exact) mass is 368 g/mol. The van der Waals surface area contributed by atoms with Crippen LogP contribution in [0, 0.1) is 6.92 Å². The van der Waals surface area contributed by atoms with Crippen LogP contribution in [-0.2, 0) is 10.0 Å². The summed E-state index contributed by atoms with van der Waals surface area (Å²) < 4.78 is 28.6. The molecule has 6 heteroatoms. The summed E-state index contributed by atoms with van der Waals surface area (Å²) in [6.07, 6.45) is 0. The van der Waals surface area contributed by atoms with Crippen LogP contribution in [0.5, 0.6) is 0 Å². The molecule has 0 fully saturated rings. The van der Waals surface area contributed by atoms with Gasteiger partial charge in [-0.05, 0) is 49.7 Å². The molecule has 0 bridgehead atoms. The smallest absolute Gasteiger partial charge is 0.263 e. The zero-order chi connectivity index (χ0) is 15.5. The Hall–Kier alpha value is -1.53. The van der Waals surface area contributed by atoms with Gasteiger partial charge in [0, 0.05) is 16.7 Å². The van der Waals surface area contributed by atoms with Gasteiger partial charge in [-0.15, -0.1) is 0 Å². The van der Waals surface area contributed by atoms with Crippen molar-refractivity contribution in [3.05, 3.63) is 52.5 Å². The Labute approximate surface area is 133 Å². The minimum atomic E-state index is -3.62. The zero-order valence-corrected chi connectivity index (χ0v) is 14.3. The van der Waals surface area contributed by atoms with Gasteiger partial charge in [0.25, 0.3) is 10.0 Å². The van der Waals surface area contributed by atoms with Crippen molar-refractivity contribution >= 4 is 37.3 Å². The van der Waals surface area contributed by atoms with E-state index in [1.54, 1.807) is 36.4 Å². The molecule has 0 spiro atoms. The molecule has 0 heterocycles. The highest BCUT2D eigenvalue weighted by Crippen LogP contribution is 2.25. The van der Waals surface area contributed by atoms with Crippen LogP contribution in [-0.4, -0.2) is 15.0 Å². The first-order valence-electron chi connectivity index (χ1n) is 6.56. The van der Waals surface area contributed by atoms with E-state index in [0.29, 0.717) is 17.9 Å². The van der Waals surface area contributed by atoms with Crippen molar-refractivity contribution < 1.29 is 8.42 Å². The standard InChI is InChI=1S/C15H17BrN2O2S/c1-3-17-14-6-4-5-7-15(14)21(19,20)18-12-8-9-13(16)11(2)10-12/h4-10,17-18H,3H2,1-2H3. The first-order chi connectivity index (χ1) is 9.94. The van der Waals surface area contributed by atoms with Crippen LogP contribution in [0.1, 0.15) is 12.5 Å². The lowest BCUT2D eigenvalue weighted by atomic mass is 10.2. The predicted molar refractivity (Wildman–Crippen MR) is 90.3 cm³/mol. The van der Waals surface area contributed by atoms with Crippen molar-refractivity contribution in [2.24, 2.45) is 0 Å². The molecule has 0 atom stereocenters. The maximum absolute atomic E-state index is 12.5. The number of sulfonamides is 1. The van der Waals surface area contributed by atoms with Crippen molar-refractivity contribution in [2.75, 3.05) is 16.6 Å². The van der Waals surface area contributed by atoms with Crippen molar-refractivity contribution in [1.29, 1.82) is 0 Å². The highest BCUT2D eigenvalue weighted by Gasteiger charge is 2.18.